The van der Waals surface area contributed by atoms with Crippen molar-refractivity contribution in [2.45, 2.75) is 19.5 Å². The van der Waals surface area contributed by atoms with Crippen LogP contribution < -0.4 is 5.32 Å². The first-order valence-corrected chi connectivity index (χ1v) is 4.31. The summed E-state index contributed by atoms with van der Waals surface area (Å²) < 4.78 is 28.7. The van der Waals surface area contributed by atoms with E-state index in [1.54, 1.807) is 13.0 Å². The topological polar surface area (TPSA) is 62.5 Å². The van der Waals surface area contributed by atoms with Gasteiger partial charge in [0, 0.05) is 6.54 Å². The van der Waals surface area contributed by atoms with Gasteiger partial charge < -0.3 is 14.8 Å². The van der Waals surface area contributed by atoms with Gasteiger partial charge in [0.15, 0.2) is 5.76 Å². The lowest BCUT2D eigenvalue weighted by atomic mass is 10.3. The second-order valence-electron chi connectivity index (χ2n) is 3.02. The maximum Gasteiger partial charge on any atom is 0.287 e. The molecule has 0 fully saturated rings. The molecule has 0 bridgehead atoms. The van der Waals surface area contributed by atoms with Gasteiger partial charge in [0.05, 0.1) is 0 Å². The lowest BCUT2D eigenvalue weighted by molar-refractivity contribution is -0.00283. The molecule has 84 valence electrons. The average Bonchev–Trinajstić information content (AvgIpc) is 2.60. The fourth-order valence-corrected chi connectivity index (χ4v) is 0.930. The molecule has 1 rings (SSSR count). The molecule has 15 heavy (non-hydrogen) atoms. The summed E-state index contributed by atoms with van der Waals surface area (Å²) in [4.78, 5) is 11.2. The number of carbonyl (C=O) groups is 1. The standard InChI is InChI=1S/C9H11F2NO3/c1-5-2-3-7(15-5)9(14)12-4-6(13)8(10)11/h2-3,6,8,13H,4H2,1H3,(H,12,14). The summed E-state index contributed by atoms with van der Waals surface area (Å²) in [7, 11) is 0. The number of furan rings is 1. The molecule has 0 saturated heterocycles. The summed E-state index contributed by atoms with van der Waals surface area (Å²) in [6.45, 7) is 1.15. The number of nitrogens with one attached hydrogen (secondary N) is 1. The number of hydrogen-bond donors (Lipinski definition) is 2. The van der Waals surface area contributed by atoms with Gasteiger partial charge in [0.1, 0.15) is 11.9 Å². The summed E-state index contributed by atoms with van der Waals surface area (Å²) in [6.07, 6.45) is -4.73. The largest absolute Gasteiger partial charge is 0.456 e. The first kappa shape index (κ1) is 11.6. The second kappa shape index (κ2) is 4.88. The molecule has 2 N–H and O–H groups in total. The highest BCUT2D eigenvalue weighted by Crippen LogP contribution is 2.06. The molecule has 1 aromatic heterocycles. The Hall–Kier alpha value is -1.43. The van der Waals surface area contributed by atoms with E-state index in [1.165, 1.54) is 6.07 Å². The molecule has 0 radical (unpaired) electrons. The molecule has 0 saturated carbocycles. The zero-order valence-electron chi connectivity index (χ0n) is 8.04. The van der Waals surface area contributed by atoms with E-state index in [1.807, 2.05) is 0 Å². The number of aryl methyl sites for hydroxylation is 1. The van der Waals surface area contributed by atoms with Crippen LogP contribution >= 0.6 is 0 Å². The third-order valence-corrected chi connectivity index (χ3v) is 1.73. The summed E-state index contributed by atoms with van der Waals surface area (Å²) in [5.41, 5.74) is 0. The maximum absolute atomic E-state index is 11.9. The van der Waals surface area contributed by atoms with Crippen LogP contribution in [-0.2, 0) is 0 Å². The van der Waals surface area contributed by atoms with Crippen LogP contribution in [-0.4, -0.2) is 30.1 Å². The Labute approximate surface area is 84.9 Å². The molecule has 1 amide bonds. The highest BCUT2D eigenvalue weighted by atomic mass is 19.3. The Morgan fingerprint density at radius 2 is 2.27 bits per heavy atom. The van der Waals surface area contributed by atoms with E-state index in [9.17, 15) is 13.6 Å². The lowest BCUT2D eigenvalue weighted by Crippen LogP contribution is -2.35. The predicted octanol–water partition coefficient (Wildman–Crippen LogP) is 0.944. The van der Waals surface area contributed by atoms with Crippen molar-refractivity contribution in [2.75, 3.05) is 6.54 Å². The fraction of sp³-hybridized carbons (Fsp3) is 0.444. The molecule has 6 heteroatoms. The van der Waals surface area contributed by atoms with Crippen molar-refractivity contribution in [3.8, 4) is 0 Å². The molecule has 0 aromatic carbocycles. The van der Waals surface area contributed by atoms with Crippen LogP contribution in [0.15, 0.2) is 16.5 Å². The number of amides is 1. The van der Waals surface area contributed by atoms with Gasteiger partial charge in [-0.3, -0.25) is 4.79 Å². The maximum atomic E-state index is 11.9. The minimum absolute atomic E-state index is 0.0361. The molecule has 4 nitrogen and oxygen atoms in total. The number of halogens is 2. The summed E-state index contributed by atoms with van der Waals surface area (Å²) in [5.74, 6) is -0.0358. The van der Waals surface area contributed by atoms with Crippen LogP contribution in [0, 0.1) is 6.92 Å². The molecule has 0 spiro atoms. The SMILES string of the molecule is Cc1ccc(C(=O)NCC(O)C(F)F)o1. The van der Waals surface area contributed by atoms with E-state index < -0.39 is 25.0 Å². The van der Waals surface area contributed by atoms with Crippen LogP contribution in [0.3, 0.4) is 0 Å². The van der Waals surface area contributed by atoms with Gasteiger partial charge in [0.25, 0.3) is 12.3 Å². The Kier molecular flexibility index (Phi) is 3.79. The van der Waals surface area contributed by atoms with E-state index in [-0.39, 0.29) is 5.76 Å². The molecule has 0 aliphatic carbocycles. The van der Waals surface area contributed by atoms with Crippen molar-refractivity contribution in [3.63, 3.8) is 0 Å². The summed E-state index contributed by atoms with van der Waals surface area (Å²) >= 11 is 0. The second-order valence-corrected chi connectivity index (χ2v) is 3.02. The van der Waals surface area contributed by atoms with Crippen molar-refractivity contribution in [3.05, 3.63) is 23.7 Å². The minimum atomic E-state index is -2.87. The minimum Gasteiger partial charge on any atom is -0.456 e. The van der Waals surface area contributed by atoms with Crippen LogP contribution in [0.4, 0.5) is 8.78 Å². The molecular weight excluding hydrogens is 208 g/mol. The molecule has 1 atom stereocenters. The van der Waals surface area contributed by atoms with E-state index >= 15 is 0 Å². The van der Waals surface area contributed by atoms with Crippen LogP contribution in [0.2, 0.25) is 0 Å². The van der Waals surface area contributed by atoms with Gasteiger partial charge in [-0.1, -0.05) is 0 Å². The third-order valence-electron chi connectivity index (χ3n) is 1.73. The first-order chi connectivity index (χ1) is 7.00. The number of carbonyl (C=O) groups excluding carboxylic acids is 1. The lowest BCUT2D eigenvalue weighted by Gasteiger charge is -2.09. The Morgan fingerprint density at radius 1 is 1.60 bits per heavy atom. The van der Waals surface area contributed by atoms with Gasteiger partial charge in [-0.05, 0) is 19.1 Å². The van der Waals surface area contributed by atoms with Crippen LogP contribution in [0.1, 0.15) is 16.3 Å². The van der Waals surface area contributed by atoms with Crippen molar-refractivity contribution in [2.24, 2.45) is 0 Å². The van der Waals surface area contributed by atoms with Gasteiger partial charge in [-0.2, -0.15) is 0 Å². The Morgan fingerprint density at radius 3 is 2.73 bits per heavy atom. The van der Waals surface area contributed by atoms with E-state index in [0.717, 1.165) is 0 Å². The van der Waals surface area contributed by atoms with E-state index in [0.29, 0.717) is 5.76 Å². The number of hydrogen-bond acceptors (Lipinski definition) is 3. The predicted molar refractivity (Wildman–Crippen MR) is 47.8 cm³/mol. The number of rotatable bonds is 4. The third kappa shape index (κ3) is 3.32. The zero-order valence-corrected chi connectivity index (χ0v) is 8.04. The first-order valence-electron chi connectivity index (χ1n) is 4.31. The normalized spacial score (nSPS) is 12.9. The number of alkyl halides is 2. The monoisotopic (exact) mass is 219 g/mol. The van der Waals surface area contributed by atoms with Gasteiger partial charge >= 0.3 is 0 Å². The van der Waals surface area contributed by atoms with Crippen molar-refractivity contribution >= 4 is 5.91 Å². The van der Waals surface area contributed by atoms with Gasteiger partial charge in [-0.15, -0.1) is 0 Å². The summed E-state index contributed by atoms with van der Waals surface area (Å²) in [5, 5.41) is 10.9. The number of aliphatic hydroxyl groups excluding tert-OH is 1. The van der Waals surface area contributed by atoms with Gasteiger partial charge in [0.2, 0.25) is 0 Å². The zero-order chi connectivity index (χ0) is 11.4. The van der Waals surface area contributed by atoms with Crippen molar-refractivity contribution in [1.82, 2.24) is 5.32 Å². The van der Waals surface area contributed by atoms with E-state index in [4.69, 9.17) is 9.52 Å². The van der Waals surface area contributed by atoms with Crippen LogP contribution in [0.5, 0.6) is 0 Å². The highest BCUT2D eigenvalue weighted by Gasteiger charge is 2.18. The molecule has 0 aliphatic rings. The molecule has 1 unspecified atom stereocenters. The molecule has 1 heterocycles. The average molecular weight is 219 g/mol. The smallest absolute Gasteiger partial charge is 0.287 e. The Bertz CT molecular complexity index is 338. The Balaban J connectivity index is 2.43. The number of aliphatic hydroxyl groups is 1. The molecule has 0 aliphatic heterocycles. The fourth-order valence-electron chi connectivity index (χ4n) is 0.930. The van der Waals surface area contributed by atoms with E-state index in [2.05, 4.69) is 5.32 Å². The van der Waals surface area contributed by atoms with Crippen molar-refractivity contribution < 1.29 is 23.1 Å². The molecule has 1 aromatic rings. The quantitative estimate of drug-likeness (QED) is 0.792. The highest BCUT2D eigenvalue weighted by molar-refractivity contribution is 5.91. The molecular formula is C9H11F2NO3. The van der Waals surface area contributed by atoms with Crippen LogP contribution in [0.25, 0.3) is 0 Å². The van der Waals surface area contributed by atoms with Gasteiger partial charge in [-0.25, -0.2) is 8.78 Å². The van der Waals surface area contributed by atoms with Crippen molar-refractivity contribution in [1.29, 1.82) is 0 Å². The summed E-state index contributed by atoms with van der Waals surface area (Å²) in [6, 6.07) is 3.01.